The van der Waals surface area contributed by atoms with E-state index in [0.29, 0.717) is 0 Å². The molecule has 1 aliphatic rings. The Bertz CT molecular complexity index is 380. The molecule has 1 saturated heterocycles. The first-order valence-electron chi connectivity index (χ1n) is 7.85. The van der Waals surface area contributed by atoms with Gasteiger partial charge >= 0.3 is 0 Å². The van der Waals surface area contributed by atoms with Crippen molar-refractivity contribution in [3.63, 3.8) is 0 Å². The highest BCUT2D eigenvalue weighted by Gasteiger charge is 2.32. The SMILES string of the molecule is CC(C)CN1CCC(CN)(NCc2ccccc2)CC1. The Morgan fingerprint density at radius 2 is 1.85 bits per heavy atom. The molecule has 0 saturated carbocycles. The van der Waals surface area contributed by atoms with E-state index in [-0.39, 0.29) is 5.54 Å². The monoisotopic (exact) mass is 275 g/mol. The molecule has 0 bridgehead atoms. The third kappa shape index (κ3) is 4.30. The van der Waals surface area contributed by atoms with Gasteiger partial charge in [0.2, 0.25) is 0 Å². The first-order valence-corrected chi connectivity index (χ1v) is 7.85. The maximum Gasteiger partial charge on any atom is 0.0331 e. The normalized spacial score (nSPS) is 19.4. The maximum atomic E-state index is 6.07. The first-order chi connectivity index (χ1) is 9.63. The van der Waals surface area contributed by atoms with Gasteiger partial charge < -0.3 is 16.0 Å². The van der Waals surface area contributed by atoms with Crippen LogP contribution >= 0.6 is 0 Å². The van der Waals surface area contributed by atoms with Gasteiger partial charge in [-0.15, -0.1) is 0 Å². The Balaban J connectivity index is 1.85. The number of nitrogens with one attached hydrogen (secondary N) is 1. The van der Waals surface area contributed by atoms with Crippen molar-refractivity contribution in [3.8, 4) is 0 Å². The van der Waals surface area contributed by atoms with E-state index in [0.717, 1.165) is 44.9 Å². The lowest BCUT2D eigenvalue weighted by atomic mass is 9.87. The third-order valence-electron chi connectivity index (χ3n) is 4.34. The molecule has 0 amide bonds. The molecule has 3 N–H and O–H groups in total. The van der Waals surface area contributed by atoms with Crippen molar-refractivity contribution in [1.29, 1.82) is 0 Å². The molecule has 0 aromatic heterocycles. The fourth-order valence-corrected chi connectivity index (χ4v) is 3.02. The standard InChI is InChI=1S/C17H29N3/c1-15(2)13-20-10-8-17(14-18,9-11-20)19-12-16-6-4-3-5-7-16/h3-7,15,19H,8-14,18H2,1-2H3. The quantitative estimate of drug-likeness (QED) is 0.836. The predicted molar refractivity (Wildman–Crippen MR) is 85.6 cm³/mol. The zero-order chi connectivity index (χ0) is 14.4. The second-order valence-electron chi connectivity index (χ2n) is 6.52. The van der Waals surface area contributed by atoms with Gasteiger partial charge in [-0.2, -0.15) is 0 Å². The number of hydrogen-bond donors (Lipinski definition) is 2. The van der Waals surface area contributed by atoms with Crippen LogP contribution in [0.3, 0.4) is 0 Å². The van der Waals surface area contributed by atoms with Crippen molar-refractivity contribution in [3.05, 3.63) is 35.9 Å². The van der Waals surface area contributed by atoms with E-state index in [4.69, 9.17) is 5.73 Å². The minimum atomic E-state index is 0.128. The van der Waals surface area contributed by atoms with E-state index in [1.165, 1.54) is 12.1 Å². The molecule has 3 heteroatoms. The minimum absolute atomic E-state index is 0.128. The van der Waals surface area contributed by atoms with Gasteiger partial charge in [-0.1, -0.05) is 44.2 Å². The largest absolute Gasteiger partial charge is 0.329 e. The molecule has 2 rings (SSSR count). The Hall–Kier alpha value is -0.900. The molecular formula is C17H29N3. The van der Waals surface area contributed by atoms with Gasteiger partial charge in [0.1, 0.15) is 0 Å². The average Bonchev–Trinajstić information content (AvgIpc) is 2.47. The van der Waals surface area contributed by atoms with E-state index >= 15 is 0 Å². The van der Waals surface area contributed by atoms with Crippen molar-refractivity contribution in [2.75, 3.05) is 26.2 Å². The summed E-state index contributed by atoms with van der Waals surface area (Å²) in [5.74, 6) is 0.748. The summed E-state index contributed by atoms with van der Waals surface area (Å²) < 4.78 is 0. The average molecular weight is 275 g/mol. The fourth-order valence-electron chi connectivity index (χ4n) is 3.02. The summed E-state index contributed by atoms with van der Waals surface area (Å²) in [5.41, 5.74) is 7.53. The van der Waals surface area contributed by atoms with Gasteiger partial charge in [-0.25, -0.2) is 0 Å². The molecule has 0 unspecified atom stereocenters. The molecular weight excluding hydrogens is 246 g/mol. The molecule has 1 aromatic rings. The minimum Gasteiger partial charge on any atom is -0.329 e. The molecule has 3 nitrogen and oxygen atoms in total. The highest BCUT2D eigenvalue weighted by molar-refractivity contribution is 5.15. The van der Waals surface area contributed by atoms with Crippen molar-refractivity contribution in [1.82, 2.24) is 10.2 Å². The number of nitrogens with zero attached hydrogens (tertiary/aromatic N) is 1. The molecule has 112 valence electrons. The summed E-state index contributed by atoms with van der Waals surface area (Å²) in [6.45, 7) is 9.77. The fraction of sp³-hybridized carbons (Fsp3) is 0.647. The molecule has 20 heavy (non-hydrogen) atoms. The van der Waals surface area contributed by atoms with Crippen LogP contribution in [-0.4, -0.2) is 36.6 Å². The number of rotatable bonds is 6. The number of likely N-dealkylation sites (tertiary alicyclic amines) is 1. The second kappa shape index (κ2) is 7.21. The third-order valence-corrected chi connectivity index (χ3v) is 4.34. The molecule has 0 atom stereocenters. The number of nitrogens with two attached hydrogens (primary N) is 1. The summed E-state index contributed by atoms with van der Waals surface area (Å²) in [6, 6.07) is 10.6. The Kier molecular flexibility index (Phi) is 5.58. The van der Waals surface area contributed by atoms with E-state index in [9.17, 15) is 0 Å². The maximum absolute atomic E-state index is 6.07. The van der Waals surface area contributed by atoms with Crippen LogP contribution in [-0.2, 0) is 6.54 Å². The van der Waals surface area contributed by atoms with E-state index in [2.05, 4.69) is 54.4 Å². The second-order valence-corrected chi connectivity index (χ2v) is 6.52. The van der Waals surface area contributed by atoms with Gasteiger partial charge in [0, 0.05) is 25.2 Å². The summed E-state index contributed by atoms with van der Waals surface area (Å²) in [5, 5.41) is 3.72. The molecule has 0 spiro atoms. The van der Waals surface area contributed by atoms with Crippen molar-refractivity contribution in [2.24, 2.45) is 11.7 Å². The highest BCUT2D eigenvalue weighted by atomic mass is 15.2. The van der Waals surface area contributed by atoms with Crippen LogP contribution in [0.5, 0.6) is 0 Å². The van der Waals surface area contributed by atoms with E-state index in [1.807, 2.05) is 0 Å². The first kappa shape index (κ1) is 15.5. The van der Waals surface area contributed by atoms with Crippen molar-refractivity contribution >= 4 is 0 Å². The molecule has 0 radical (unpaired) electrons. The van der Waals surface area contributed by atoms with Crippen LogP contribution < -0.4 is 11.1 Å². The van der Waals surface area contributed by atoms with Crippen LogP contribution in [0.2, 0.25) is 0 Å². The summed E-state index contributed by atoms with van der Waals surface area (Å²) in [7, 11) is 0. The lowest BCUT2D eigenvalue weighted by Crippen LogP contribution is -2.57. The van der Waals surface area contributed by atoms with Gasteiger partial charge in [0.05, 0.1) is 0 Å². The molecule has 1 fully saturated rings. The lowest BCUT2D eigenvalue weighted by molar-refractivity contribution is 0.127. The number of benzene rings is 1. The predicted octanol–water partition coefficient (Wildman–Crippen LogP) is 2.23. The van der Waals surface area contributed by atoms with Crippen LogP contribution in [0.1, 0.15) is 32.3 Å². The van der Waals surface area contributed by atoms with Gasteiger partial charge in [0.15, 0.2) is 0 Å². The zero-order valence-corrected chi connectivity index (χ0v) is 12.9. The van der Waals surface area contributed by atoms with Crippen LogP contribution in [0, 0.1) is 5.92 Å². The van der Waals surface area contributed by atoms with Crippen LogP contribution in [0.4, 0.5) is 0 Å². The van der Waals surface area contributed by atoms with Crippen LogP contribution in [0.25, 0.3) is 0 Å². The summed E-state index contributed by atoms with van der Waals surface area (Å²) >= 11 is 0. The van der Waals surface area contributed by atoms with Gasteiger partial charge in [0.25, 0.3) is 0 Å². The molecule has 1 aliphatic heterocycles. The van der Waals surface area contributed by atoms with Gasteiger partial charge in [-0.05, 0) is 37.4 Å². The molecule has 0 aliphatic carbocycles. The highest BCUT2D eigenvalue weighted by Crippen LogP contribution is 2.22. The summed E-state index contributed by atoms with van der Waals surface area (Å²) in [4.78, 5) is 2.57. The Morgan fingerprint density at radius 1 is 1.20 bits per heavy atom. The number of piperidine rings is 1. The van der Waals surface area contributed by atoms with E-state index in [1.54, 1.807) is 0 Å². The van der Waals surface area contributed by atoms with Crippen molar-refractivity contribution < 1.29 is 0 Å². The zero-order valence-electron chi connectivity index (χ0n) is 12.9. The van der Waals surface area contributed by atoms with Crippen LogP contribution in [0.15, 0.2) is 30.3 Å². The molecule has 1 heterocycles. The van der Waals surface area contributed by atoms with Gasteiger partial charge in [-0.3, -0.25) is 0 Å². The van der Waals surface area contributed by atoms with E-state index < -0.39 is 0 Å². The summed E-state index contributed by atoms with van der Waals surface area (Å²) in [6.07, 6.45) is 2.31. The Labute approximate surface area is 123 Å². The lowest BCUT2D eigenvalue weighted by Gasteiger charge is -2.42. The van der Waals surface area contributed by atoms with Crippen molar-refractivity contribution in [2.45, 2.75) is 38.8 Å². The smallest absolute Gasteiger partial charge is 0.0331 e. The number of hydrogen-bond acceptors (Lipinski definition) is 3. The Morgan fingerprint density at radius 3 is 2.40 bits per heavy atom. The molecule has 1 aromatic carbocycles. The topological polar surface area (TPSA) is 41.3 Å².